The highest BCUT2D eigenvalue weighted by atomic mass is 35.5. The lowest BCUT2D eigenvalue weighted by atomic mass is 10.2. The van der Waals surface area contributed by atoms with E-state index in [-0.39, 0.29) is 5.78 Å². The minimum Gasteiger partial charge on any atom is -0.283 e. The predicted octanol–water partition coefficient (Wildman–Crippen LogP) is 0.736. The first kappa shape index (κ1) is 5.40. The second-order valence-electron chi connectivity index (χ2n) is 1.39. The van der Waals surface area contributed by atoms with E-state index in [4.69, 9.17) is 11.6 Å². The van der Waals surface area contributed by atoms with E-state index in [1.807, 2.05) is 0 Å². The van der Waals surface area contributed by atoms with Gasteiger partial charge in [-0.25, -0.2) is 0 Å². The van der Waals surface area contributed by atoms with Crippen molar-refractivity contribution in [2.24, 2.45) is 0 Å². The van der Waals surface area contributed by atoms with Gasteiger partial charge in [-0.15, -0.1) is 11.6 Å². The molecule has 0 aromatic rings. The van der Waals surface area contributed by atoms with Gasteiger partial charge in [-0.05, 0) is 18.1 Å². The zero-order chi connectivity index (χ0) is 5.98. The maximum Gasteiger partial charge on any atom is 0.227 e. The average molecular weight is 127 g/mol. The number of ketones is 1. The molecule has 0 amide bonds. The standard InChI is InChI=1S/C6H3ClO/c7-5-3-1-2-4-6(5)8/h1,3,5H. The maximum absolute atomic E-state index is 10.4. The summed E-state index contributed by atoms with van der Waals surface area (Å²) in [5, 5.41) is -0.517. The topological polar surface area (TPSA) is 17.1 Å². The van der Waals surface area contributed by atoms with Gasteiger partial charge in [0.2, 0.25) is 5.78 Å². The van der Waals surface area contributed by atoms with Gasteiger partial charge in [0, 0.05) is 0 Å². The summed E-state index contributed by atoms with van der Waals surface area (Å²) in [6.45, 7) is 0. The van der Waals surface area contributed by atoms with E-state index in [2.05, 4.69) is 11.8 Å². The van der Waals surface area contributed by atoms with Crippen LogP contribution in [0.1, 0.15) is 0 Å². The van der Waals surface area contributed by atoms with Gasteiger partial charge in [0.25, 0.3) is 0 Å². The van der Waals surface area contributed by atoms with E-state index in [0.717, 1.165) is 0 Å². The Balaban J connectivity index is 2.83. The van der Waals surface area contributed by atoms with Gasteiger partial charge in [0.05, 0.1) is 0 Å². The van der Waals surface area contributed by atoms with Gasteiger partial charge in [-0.3, -0.25) is 4.79 Å². The smallest absolute Gasteiger partial charge is 0.227 e. The summed E-state index contributed by atoms with van der Waals surface area (Å²) in [4.78, 5) is 10.4. The molecule has 0 saturated heterocycles. The number of allylic oxidation sites excluding steroid dienone is 2. The highest BCUT2D eigenvalue weighted by Crippen LogP contribution is 2.00. The fourth-order valence-electron chi connectivity index (χ4n) is 0.402. The van der Waals surface area contributed by atoms with Crippen molar-refractivity contribution < 1.29 is 4.79 Å². The number of halogens is 1. The minimum atomic E-state index is -0.517. The molecule has 0 heterocycles. The first-order valence-electron chi connectivity index (χ1n) is 2.17. The molecule has 0 aromatic carbocycles. The van der Waals surface area contributed by atoms with Crippen LogP contribution in [0.5, 0.6) is 0 Å². The largest absolute Gasteiger partial charge is 0.283 e. The summed E-state index contributed by atoms with van der Waals surface area (Å²) in [5.41, 5.74) is 0. The molecule has 1 aliphatic carbocycles. The molecule has 0 aliphatic heterocycles. The predicted molar refractivity (Wildman–Crippen MR) is 31.6 cm³/mol. The Labute approximate surface area is 52.3 Å². The monoisotopic (exact) mass is 126 g/mol. The van der Waals surface area contributed by atoms with Crippen LogP contribution >= 0.6 is 11.6 Å². The van der Waals surface area contributed by atoms with Crippen LogP contribution in [0.2, 0.25) is 0 Å². The zero-order valence-corrected chi connectivity index (χ0v) is 4.77. The van der Waals surface area contributed by atoms with Crippen LogP contribution in [-0.2, 0) is 4.79 Å². The Bertz CT molecular complexity index is 194. The molecule has 1 unspecified atom stereocenters. The van der Waals surface area contributed by atoms with Gasteiger partial charge >= 0.3 is 0 Å². The number of carbonyl (C=O) groups excluding carboxylic acids is 1. The second kappa shape index (κ2) is 2.02. The summed E-state index contributed by atoms with van der Waals surface area (Å²) < 4.78 is 0. The summed E-state index contributed by atoms with van der Waals surface area (Å²) in [7, 11) is 0. The van der Waals surface area contributed by atoms with Crippen molar-refractivity contribution in [2.45, 2.75) is 5.38 Å². The van der Waals surface area contributed by atoms with Crippen molar-refractivity contribution in [3.8, 4) is 11.8 Å². The Hall–Kier alpha value is -0.740. The van der Waals surface area contributed by atoms with Crippen molar-refractivity contribution >= 4 is 17.4 Å². The van der Waals surface area contributed by atoms with E-state index in [1.165, 1.54) is 0 Å². The third kappa shape index (κ3) is 0.907. The molecule has 1 nitrogen and oxygen atoms in total. The highest BCUT2D eigenvalue weighted by molar-refractivity contribution is 6.35. The molecule has 2 heteroatoms. The van der Waals surface area contributed by atoms with E-state index < -0.39 is 5.38 Å². The van der Waals surface area contributed by atoms with Crippen molar-refractivity contribution in [1.29, 1.82) is 0 Å². The first-order chi connectivity index (χ1) is 3.80. The maximum atomic E-state index is 10.4. The number of carbonyl (C=O) groups is 1. The van der Waals surface area contributed by atoms with Gasteiger partial charge in [0.1, 0.15) is 5.38 Å². The van der Waals surface area contributed by atoms with Gasteiger partial charge < -0.3 is 0 Å². The highest BCUT2D eigenvalue weighted by Gasteiger charge is 2.09. The van der Waals surface area contributed by atoms with Gasteiger partial charge in [0.15, 0.2) is 0 Å². The fourth-order valence-corrected chi connectivity index (χ4v) is 0.529. The van der Waals surface area contributed by atoms with Crippen molar-refractivity contribution in [1.82, 2.24) is 0 Å². The third-order valence-electron chi connectivity index (χ3n) is 0.794. The summed E-state index contributed by atoms with van der Waals surface area (Å²) in [6, 6.07) is 0. The van der Waals surface area contributed by atoms with Crippen LogP contribution in [0, 0.1) is 11.8 Å². The van der Waals surface area contributed by atoms with Crippen LogP contribution in [-0.4, -0.2) is 11.2 Å². The van der Waals surface area contributed by atoms with E-state index in [0.29, 0.717) is 0 Å². The molecule has 1 atom stereocenters. The summed E-state index contributed by atoms with van der Waals surface area (Å²) >= 11 is 5.43. The normalized spacial score (nSPS) is 24.6. The summed E-state index contributed by atoms with van der Waals surface area (Å²) in [5.74, 6) is 4.61. The molecule has 0 bridgehead atoms. The molecule has 1 aliphatic rings. The van der Waals surface area contributed by atoms with Crippen molar-refractivity contribution in [3.05, 3.63) is 12.2 Å². The molecule has 1 rings (SSSR count). The number of rotatable bonds is 0. The number of hydrogen-bond acceptors (Lipinski definition) is 1. The lowest BCUT2D eigenvalue weighted by Gasteiger charge is -1.95. The number of alkyl halides is 1. The van der Waals surface area contributed by atoms with Gasteiger partial charge in [-0.1, -0.05) is 5.92 Å². The van der Waals surface area contributed by atoms with Crippen LogP contribution in [0.25, 0.3) is 0 Å². The number of hydrogen-bond donors (Lipinski definition) is 0. The molecule has 0 radical (unpaired) electrons. The van der Waals surface area contributed by atoms with Gasteiger partial charge in [-0.2, -0.15) is 0 Å². The quantitative estimate of drug-likeness (QED) is 0.266. The lowest BCUT2D eigenvalue weighted by molar-refractivity contribution is -0.112. The third-order valence-corrected chi connectivity index (χ3v) is 1.14. The minimum absolute atomic E-state index is 0.214. The lowest BCUT2D eigenvalue weighted by Crippen LogP contribution is -2.10. The Morgan fingerprint density at radius 2 is 2.50 bits per heavy atom. The molecule has 0 fully saturated rings. The molecule has 0 N–H and O–H groups in total. The van der Waals surface area contributed by atoms with E-state index >= 15 is 0 Å². The van der Waals surface area contributed by atoms with Crippen LogP contribution in [0.4, 0.5) is 0 Å². The van der Waals surface area contributed by atoms with Crippen molar-refractivity contribution in [2.75, 3.05) is 0 Å². The Kier molecular flexibility index (Phi) is 1.36. The molecule has 0 saturated carbocycles. The average Bonchev–Trinajstić information content (AvgIpc) is 1.77. The van der Waals surface area contributed by atoms with E-state index in [1.54, 1.807) is 12.2 Å². The SMILES string of the molecule is O=C1C#CC=CC1Cl. The first-order valence-corrected chi connectivity index (χ1v) is 2.60. The molecule has 0 spiro atoms. The molecule has 0 aromatic heterocycles. The second-order valence-corrected chi connectivity index (χ2v) is 1.86. The zero-order valence-electron chi connectivity index (χ0n) is 4.02. The fraction of sp³-hybridized carbons (Fsp3) is 0.167. The van der Waals surface area contributed by atoms with Crippen molar-refractivity contribution in [3.63, 3.8) is 0 Å². The van der Waals surface area contributed by atoms with E-state index in [9.17, 15) is 4.79 Å². The molecule has 8 heavy (non-hydrogen) atoms. The Morgan fingerprint density at radius 1 is 1.75 bits per heavy atom. The molecule has 40 valence electrons. The molecular weight excluding hydrogens is 124 g/mol. The number of Topliss-reactive ketones (excluding diaryl/α,β-unsaturated/α-hetero) is 1. The Morgan fingerprint density at radius 3 is 2.88 bits per heavy atom. The van der Waals surface area contributed by atoms with Crippen LogP contribution < -0.4 is 0 Å². The summed E-state index contributed by atoms with van der Waals surface area (Å²) in [6.07, 6.45) is 3.15. The van der Waals surface area contributed by atoms with Crippen LogP contribution in [0.15, 0.2) is 12.2 Å². The molecular formula is C6H3ClO. The van der Waals surface area contributed by atoms with Crippen LogP contribution in [0.3, 0.4) is 0 Å².